The van der Waals surface area contributed by atoms with Gasteiger partial charge in [-0.2, -0.15) is 0 Å². The van der Waals surface area contributed by atoms with Crippen molar-refractivity contribution >= 4 is 21.7 Å². The van der Waals surface area contributed by atoms with Crippen molar-refractivity contribution in [3.05, 3.63) is 24.4 Å². The predicted octanol–water partition coefficient (Wildman–Crippen LogP) is 2.45. The first-order valence-corrected chi connectivity index (χ1v) is 5.58. The highest BCUT2D eigenvalue weighted by atomic mass is 79.9. The van der Waals surface area contributed by atoms with E-state index in [-0.39, 0.29) is 0 Å². The normalized spacial score (nSPS) is 19.0. The molecule has 13 heavy (non-hydrogen) atoms. The molecular weight excluding hydrogens is 228 g/mol. The van der Waals surface area contributed by atoms with E-state index >= 15 is 0 Å². The number of alkyl halides is 1. The minimum atomic E-state index is 0.701. The number of piperidine rings is 1. The molecule has 0 unspecified atom stereocenters. The van der Waals surface area contributed by atoms with Gasteiger partial charge < -0.3 is 4.90 Å². The molecule has 70 valence electrons. The summed E-state index contributed by atoms with van der Waals surface area (Å²) in [5.74, 6) is 1.11. The molecule has 0 atom stereocenters. The zero-order valence-corrected chi connectivity index (χ0v) is 9.07. The fraction of sp³-hybridized carbons (Fsp3) is 0.500. The Morgan fingerprint density at radius 1 is 1.31 bits per heavy atom. The van der Waals surface area contributed by atoms with Crippen molar-refractivity contribution in [1.29, 1.82) is 0 Å². The minimum absolute atomic E-state index is 0.701. The van der Waals surface area contributed by atoms with Crippen molar-refractivity contribution in [2.45, 2.75) is 17.7 Å². The van der Waals surface area contributed by atoms with Crippen LogP contribution in [0.25, 0.3) is 0 Å². The van der Waals surface area contributed by atoms with Crippen LogP contribution < -0.4 is 4.90 Å². The maximum Gasteiger partial charge on any atom is 0.128 e. The van der Waals surface area contributed by atoms with E-state index in [1.165, 1.54) is 12.8 Å². The number of hydrogen-bond acceptors (Lipinski definition) is 2. The number of hydrogen-bond donors (Lipinski definition) is 0. The highest BCUT2D eigenvalue weighted by molar-refractivity contribution is 9.09. The van der Waals surface area contributed by atoms with Crippen LogP contribution >= 0.6 is 15.9 Å². The van der Waals surface area contributed by atoms with E-state index in [4.69, 9.17) is 0 Å². The Morgan fingerprint density at radius 2 is 2.08 bits per heavy atom. The van der Waals surface area contributed by atoms with Gasteiger partial charge in [0, 0.05) is 24.1 Å². The fourth-order valence-corrected chi connectivity index (χ4v) is 2.03. The topological polar surface area (TPSA) is 16.1 Å². The molecule has 0 spiro atoms. The zero-order chi connectivity index (χ0) is 9.10. The van der Waals surface area contributed by atoms with Crippen molar-refractivity contribution in [1.82, 2.24) is 4.98 Å². The molecule has 1 saturated heterocycles. The summed E-state index contributed by atoms with van der Waals surface area (Å²) in [7, 11) is 0. The van der Waals surface area contributed by atoms with Crippen LogP contribution in [0.3, 0.4) is 0 Å². The van der Waals surface area contributed by atoms with E-state index in [9.17, 15) is 0 Å². The maximum atomic E-state index is 4.34. The second-order valence-electron chi connectivity index (χ2n) is 3.35. The molecule has 1 aliphatic rings. The molecule has 2 nitrogen and oxygen atoms in total. The van der Waals surface area contributed by atoms with E-state index in [2.05, 4.69) is 31.9 Å². The van der Waals surface area contributed by atoms with Crippen LogP contribution in [0.15, 0.2) is 24.4 Å². The largest absolute Gasteiger partial charge is 0.357 e. The highest BCUT2D eigenvalue weighted by Crippen LogP contribution is 2.21. The number of pyridine rings is 1. The average Bonchev–Trinajstić information content (AvgIpc) is 2.20. The van der Waals surface area contributed by atoms with Crippen LogP contribution in [0.1, 0.15) is 12.8 Å². The van der Waals surface area contributed by atoms with Gasteiger partial charge in [-0.05, 0) is 25.0 Å². The molecule has 0 aromatic carbocycles. The monoisotopic (exact) mass is 240 g/mol. The lowest BCUT2D eigenvalue weighted by molar-refractivity contribution is 0.592. The van der Waals surface area contributed by atoms with Gasteiger partial charge in [0.15, 0.2) is 0 Å². The average molecular weight is 241 g/mol. The quantitative estimate of drug-likeness (QED) is 0.702. The molecule has 1 aromatic rings. The maximum absolute atomic E-state index is 4.34. The first-order valence-electron chi connectivity index (χ1n) is 4.66. The molecule has 0 aliphatic carbocycles. The van der Waals surface area contributed by atoms with Crippen LogP contribution in [-0.2, 0) is 0 Å². The number of aromatic nitrogens is 1. The van der Waals surface area contributed by atoms with Crippen molar-refractivity contribution in [3.8, 4) is 0 Å². The van der Waals surface area contributed by atoms with E-state index in [0.717, 1.165) is 18.9 Å². The Hall–Kier alpha value is -0.570. The van der Waals surface area contributed by atoms with Gasteiger partial charge in [-0.3, -0.25) is 0 Å². The molecule has 1 aliphatic heterocycles. The molecule has 3 heteroatoms. The smallest absolute Gasteiger partial charge is 0.128 e. The Balaban J connectivity index is 2.03. The molecule has 1 fully saturated rings. The minimum Gasteiger partial charge on any atom is -0.357 e. The Labute approximate surface area is 87.1 Å². The Kier molecular flexibility index (Phi) is 2.83. The first-order chi connectivity index (χ1) is 6.36. The molecule has 0 N–H and O–H groups in total. The molecule has 1 aromatic heterocycles. The van der Waals surface area contributed by atoms with Crippen LogP contribution in [0.2, 0.25) is 0 Å². The molecule has 2 heterocycles. The van der Waals surface area contributed by atoms with E-state index < -0.39 is 0 Å². The van der Waals surface area contributed by atoms with Gasteiger partial charge in [0.25, 0.3) is 0 Å². The third-order valence-corrected chi connectivity index (χ3v) is 3.31. The second-order valence-corrected chi connectivity index (χ2v) is 4.64. The van der Waals surface area contributed by atoms with Gasteiger partial charge in [-0.1, -0.05) is 22.0 Å². The van der Waals surface area contributed by atoms with Gasteiger partial charge in [0.05, 0.1) is 0 Å². The van der Waals surface area contributed by atoms with E-state index in [1.54, 1.807) is 0 Å². The van der Waals surface area contributed by atoms with Gasteiger partial charge in [0.1, 0.15) is 5.82 Å². The first kappa shape index (κ1) is 9.00. The molecular formula is C10H13BrN2. The van der Waals surface area contributed by atoms with Crippen LogP contribution in [0, 0.1) is 0 Å². The van der Waals surface area contributed by atoms with Gasteiger partial charge in [-0.15, -0.1) is 0 Å². The fourth-order valence-electron chi connectivity index (χ4n) is 1.62. The SMILES string of the molecule is BrC1CCN(c2ccccn2)CC1. The van der Waals surface area contributed by atoms with E-state index in [1.807, 2.05) is 18.3 Å². The number of nitrogens with zero attached hydrogens (tertiary/aromatic N) is 2. The summed E-state index contributed by atoms with van der Waals surface area (Å²) in [6.07, 6.45) is 4.29. The number of rotatable bonds is 1. The predicted molar refractivity (Wildman–Crippen MR) is 58.4 cm³/mol. The van der Waals surface area contributed by atoms with E-state index in [0.29, 0.717) is 4.83 Å². The lowest BCUT2D eigenvalue weighted by atomic mass is 10.1. The summed E-state index contributed by atoms with van der Waals surface area (Å²) >= 11 is 3.64. The third kappa shape index (κ3) is 2.21. The molecule has 0 saturated carbocycles. The van der Waals surface area contributed by atoms with Crippen molar-refractivity contribution in [2.75, 3.05) is 18.0 Å². The summed E-state index contributed by atoms with van der Waals surface area (Å²) in [6.45, 7) is 2.24. The standard InChI is InChI=1S/C10H13BrN2/c11-9-4-7-13(8-5-9)10-3-1-2-6-12-10/h1-3,6,9H,4-5,7-8H2. The van der Waals surface area contributed by atoms with Gasteiger partial charge in [-0.25, -0.2) is 4.98 Å². The Morgan fingerprint density at radius 3 is 2.69 bits per heavy atom. The van der Waals surface area contributed by atoms with Crippen LogP contribution in [-0.4, -0.2) is 22.9 Å². The molecule has 2 rings (SSSR count). The summed E-state index contributed by atoms with van der Waals surface area (Å²) < 4.78 is 0. The van der Waals surface area contributed by atoms with Crippen molar-refractivity contribution in [2.24, 2.45) is 0 Å². The highest BCUT2D eigenvalue weighted by Gasteiger charge is 2.17. The third-order valence-electron chi connectivity index (χ3n) is 2.40. The van der Waals surface area contributed by atoms with Crippen LogP contribution in [0.5, 0.6) is 0 Å². The van der Waals surface area contributed by atoms with Gasteiger partial charge >= 0.3 is 0 Å². The number of anilines is 1. The summed E-state index contributed by atoms with van der Waals surface area (Å²) in [4.78, 5) is 7.38. The summed E-state index contributed by atoms with van der Waals surface area (Å²) in [5, 5.41) is 0. The Bertz CT molecular complexity index is 255. The summed E-state index contributed by atoms with van der Waals surface area (Å²) in [6, 6.07) is 6.08. The second kappa shape index (κ2) is 4.09. The molecule has 0 bridgehead atoms. The van der Waals surface area contributed by atoms with Gasteiger partial charge in [0.2, 0.25) is 0 Å². The zero-order valence-electron chi connectivity index (χ0n) is 7.49. The lowest BCUT2D eigenvalue weighted by Crippen LogP contribution is -2.34. The molecule has 0 radical (unpaired) electrons. The van der Waals surface area contributed by atoms with Crippen molar-refractivity contribution in [3.63, 3.8) is 0 Å². The summed E-state index contributed by atoms with van der Waals surface area (Å²) in [5.41, 5.74) is 0. The lowest BCUT2D eigenvalue weighted by Gasteiger charge is -2.30. The van der Waals surface area contributed by atoms with Crippen LogP contribution in [0.4, 0.5) is 5.82 Å². The van der Waals surface area contributed by atoms with Crippen molar-refractivity contribution < 1.29 is 0 Å². The number of halogens is 1. The molecule has 0 amide bonds.